The van der Waals surface area contributed by atoms with E-state index in [1.165, 1.54) is 18.3 Å². The Balaban J connectivity index is 1.39. The Bertz CT molecular complexity index is 1460. The van der Waals surface area contributed by atoms with Crippen LogP contribution in [-0.2, 0) is 10.4 Å². The minimum Gasteiger partial charge on any atom is -0.371 e. The summed E-state index contributed by atoms with van der Waals surface area (Å²) in [6, 6.07) is 4.32. The normalized spacial score (nSPS) is 24.8. The minimum atomic E-state index is -3.05. The van der Waals surface area contributed by atoms with E-state index in [2.05, 4.69) is 37.6 Å². The zero-order valence-electron chi connectivity index (χ0n) is 18.7. The number of aliphatic imine (C=N–C) groups is 1. The van der Waals surface area contributed by atoms with E-state index in [9.17, 15) is 13.2 Å². The Labute approximate surface area is 203 Å². The maximum Gasteiger partial charge on any atom is 0.303 e. The topological polar surface area (TPSA) is 97.5 Å². The molecule has 11 heteroatoms. The molecule has 2 aliphatic carbocycles. The van der Waals surface area contributed by atoms with Crippen LogP contribution in [0.4, 0.5) is 29.1 Å². The SMILES string of the molecule is NC1=N[C@@](c2cc(Nc3ncc(F)c4cc(C#CC5CC5)cnc34)ccc2F)(C(F)F)[C@H]2C[C@H]2NO1. The number of nitrogens with zero attached hydrogens (tertiary/aromatic N) is 3. The molecular formula is C25H20F4N6O. The Morgan fingerprint density at radius 1 is 1.14 bits per heavy atom. The maximum absolute atomic E-state index is 15.0. The molecule has 3 atom stereocenters. The molecule has 2 aromatic heterocycles. The van der Waals surface area contributed by atoms with E-state index in [1.54, 1.807) is 6.07 Å². The third-order valence-corrected chi connectivity index (χ3v) is 6.63. The summed E-state index contributed by atoms with van der Waals surface area (Å²) < 4.78 is 58.6. The highest BCUT2D eigenvalue weighted by molar-refractivity contribution is 5.90. The van der Waals surface area contributed by atoms with Crippen LogP contribution < -0.4 is 16.5 Å². The summed E-state index contributed by atoms with van der Waals surface area (Å²) >= 11 is 0. The Morgan fingerprint density at radius 2 is 1.97 bits per heavy atom. The standard InChI is InChI=1S/C25H20F4N6O/c26-18-6-5-14(8-16(18)25(23(28)29)17-9-20(17)35-36-24(30)34-25)33-22-21-15(19(27)11-32-22)7-13(10-31-21)4-3-12-1-2-12/h5-8,10-12,17,20,23,35H,1-2,9H2,(H2,30,34)(H,32,33)/t17-,20+,25+/m0/s1. The molecule has 0 spiro atoms. The third-order valence-electron chi connectivity index (χ3n) is 6.63. The molecule has 0 saturated heterocycles. The number of nitrogens with one attached hydrogen (secondary N) is 2. The fourth-order valence-electron chi connectivity index (χ4n) is 4.53. The van der Waals surface area contributed by atoms with Crippen molar-refractivity contribution in [2.24, 2.45) is 22.6 Å². The van der Waals surface area contributed by atoms with Crippen molar-refractivity contribution in [3.05, 3.63) is 59.4 Å². The van der Waals surface area contributed by atoms with Gasteiger partial charge in [-0.3, -0.25) is 4.98 Å². The second-order valence-electron chi connectivity index (χ2n) is 9.18. The molecular weight excluding hydrogens is 476 g/mol. The van der Waals surface area contributed by atoms with E-state index in [0.717, 1.165) is 25.1 Å². The summed E-state index contributed by atoms with van der Waals surface area (Å²) in [5, 5.41) is 3.16. The van der Waals surface area contributed by atoms with Crippen molar-refractivity contribution < 1.29 is 22.4 Å². The summed E-state index contributed by atoms with van der Waals surface area (Å²) in [5.41, 5.74) is 6.70. The second-order valence-corrected chi connectivity index (χ2v) is 9.18. The lowest BCUT2D eigenvalue weighted by atomic mass is 9.84. The van der Waals surface area contributed by atoms with Crippen molar-refractivity contribution in [2.75, 3.05) is 5.32 Å². The number of hydroxylamine groups is 1. The van der Waals surface area contributed by atoms with Crippen LogP contribution in [0.3, 0.4) is 0 Å². The minimum absolute atomic E-state index is 0.176. The van der Waals surface area contributed by atoms with Gasteiger partial charge in [-0.2, -0.15) is 0 Å². The molecule has 36 heavy (non-hydrogen) atoms. The molecule has 1 aromatic carbocycles. The van der Waals surface area contributed by atoms with Gasteiger partial charge in [-0.25, -0.2) is 27.5 Å². The van der Waals surface area contributed by atoms with Crippen molar-refractivity contribution >= 4 is 28.4 Å². The third kappa shape index (κ3) is 3.87. The quantitative estimate of drug-likeness (QED) is 0.372. The number of halogens is 4. The smallest absolute Gasteiger partial charge is 0.303 e. The highest BCUT2D eigenvalue weighted by Gasteiger charge is 2.62. The zero-order chi connectivity index (χ0) is 25.0. The van der Waals surface area contributed by atoms with Gasteiger partial charge >= 0.3 is 6.02 Å². The van der Waals surface area contributed by atoms with E-state index < -0.39 is 41.6 Å². The number of aromatic nitrogens is 2. The number of alkyl halides is 2. The lowest BCUT2D eigenvalue weighted by molar-refractivity contribution is 0.0367. The number of fused-ring (bicyclic) bond motifs is 2. The van der Waals surface area contributed by atoms with E-state index >= 15 is 4.39 Å². The van der Waals surface area contributed by atoms with E-state index in [1.807, 2.05) is 0 Å². The van der Waals surface area contributed by atoms with Crippen LogP contribution in [0, 0.1) is 35.3 Å². The number of benzene rings is 1. The summed E-state index contributed by atoms with van der Waals surface area (Å²) in [5.74, 6) is 4.51. The summed E-state index contributed by atoms with van der Waals surface area (Å²) in [6.07, 6.45) is 1.95. The van der Waals surface area contributed by atoms with Crippen LogP contribution in [-0.4, -0.2) is 28.5 Å². The molecule has 3 heterocycles. The van der Waals surface area contributed by atoms with E-state index in [4.69, 9.17) is 10.6 Å². The zero-order valence-corrected chi connectivity index (χ0v) is 18.7. The number of nitrogens with two attached hydrogens (primary N) is 1. The number of hydrogen-bond donors (Lipinski definition) is 3. The molecule has 0 radical (unpaired) electrons. The summed E-state index contributed by atoms with van der Waals surface area (Å²) in [4.78, 5) is 17.3. The molecule has 7 nitrogen and oxygen atoms in total. The van der Waals surface area contributed by atoms with Crippen LogP contribution in [0.25, 0.3) is 10.9 Å². The Kier molecular flexibility index (Phi) is 5.22. The van der Waals surface area contributed by atoms with Gasteiger partial charge in [0, 0.05) is 46.3 Å². The molecule has 2 saturated carbocycles. The first kappa shape index (κ1) is 22.5. The molecule has 6 rings (SSSR count). The highest BCUT2D eigenvalue weighted by atomic mass is 19.3. The number of rotatable bonds is 4. The molecule has 0 unspecified atom stereocenters. The first-order valence-corrected chi connectivity index (χ1v) is 11.4. The average Bonchev–Trinajstić information content (AvgIpc) is 3.77. The number of anilines is 2. The predicted octanol–water partition coefficient (Wildman–Crippen LogP) is 4.11. The van der Waals surface area contributed by atoms with Gasteiger partial charge < -0.3 is 15.9 Å². The lowest BCUT2D eigenvalue weighted by Crippen LogP contribution is -2.38. The second kappa shape index (κ2) is 8.34. The maximum atomic E-state index is 15.0. The monoisotopic (exact) mass is 496 g/mol. The first-order chi connectivity index (χ1) is 17.3. The highest BCUT2D eigenvalue weighted by Crippen LogP contribution is 2.54. The van der Waals surface area contributed by atoms with Gasteiger partial charge in [0.15, 0.2) is 17.2 Å². The first-order valence-electron chi connectivity index (χ1n) is 11.4. The molecule has 1 aliphatic heterocycles. The lowest BCUT2D eigenvalue weighted by Gasteiger charge is -2.29. The molecule has 3 aromatic rings. The van der Waals surface area contributed by atoms with Crippen LogP contribution in [0.2, 0.25) is 0 Å². The van der Waals surface area contributed by atoms with Crippen molar-refractivity contribution in [1.82, 2.24) is 15.4 Å². The molecule has 2 fully saturated rings. The number of amidine groups is 1. The van der Waals surface area contributed by atoms with Gasteiger partial charge in [-0.15, -0.1) is 5.48 Å². The Hall–Kier alpha value is -3.91. The van der Waals surface area contributed by atoms with Gasteiger partial charge in [0.2, 0.25) is 0 Å². The van der Waals surface area contributed by atoms with Crippen molar-refractivity contribution in [3.63, 3.8) is 0 Å². The van der Waals surface area contributed by atoms with E-state index in [-0.39, 0.29) is 28.0 Å². The number of pyridine rings is 2. The van der Waals surface area contributed by atoms with Crippen LogP contribution >= 0.6 is 0 Å². The van der Waals surface area contributed by atoms with Gasteiger partial charge in [-0.05, 0) is 43.5 Å². The van der Waals surface area contributed by atoms with Crippen LogP contribution in [0.5, 0.6) is 0 Å². The van der Waals surface area contributed by atoms with Crippen molar-refractivity contribution in [2.45, 2.75) is 37.3 Å². The predicted molar refractivity (Wildman–Crippen MR) is 124 cm³/mol. The van der Waals surface area contributed by atoms with Crippen molar-refractivity contribution in [3.8, 4) is 11.8 Å². The molecule has 0 amide bonds. The fraction of sp³-hybridized carbons (Fsp3) is 0.320. The number of hydrogen-bond acceptors (Lipinski definition) is 7. The largest absolute Gasteiger partial charge is 0.371 e. The Morgan fingerprint density at radius 3 is 2.75 bits per heavy atom. The van der Waals surface area contributed by atoms with Gasteiger partial charge in [0.1, 0.15) is 11.3 Å². The molecule has 3 aliphatic rings. The van der Waals surface area contributed by atoms with Crippen LogP contribution in [0.15, 0.2) is 41.7 Å². The van der Waals surface area contributed by atoms with Crippen LogP contribution in [0.1, 0.15) is 30.4 Å². The molecule has 4 N–H and O–H groups in total. The van der Waals surface area contributed by atoms with Crippen molar-refractivity contribution in [1.29, 1.82) is 0 Å². The average molecular weight is 496 g/mol. The molecule has 184 valence electrons. The molecule has 0 bridgehead atoms. The van der Waals surface area contributed by atoms with Gasteiger partial charge in [0.25, 0.3) is 6.43 Å². The van der Waals surface area contributed by atoms with Gasteiger partial charge in [-0.1, -0.05) is 11.8 Å². The van der Waals surface area contributed by atoms with E-state index in [0.29, 0.717) is 17.9 Å². The van der Waals surface area contributed by atoms with Gasteiger partial charge in [0.05, 0.1) is 6.20 Å². The summed E-state index contributed by atoms with van der Waals surface area (Å²) in [7, 11) is 0. The summed E-state index contributed by atoms with van der Waals surface area (Å²) in [6.45, 7) is 0. The fourth-order valence-corrected chi connectivity index (χ4v) is 4.53.